The Morgan fingerprint density at radius 3 is 2.78 bits per heavy atom. The van der Waals surface area contributed by atoms with Gasteiger partial charge in [-0.05, 0) is 17.7 Å². The first-order valence-corrected chi connectivity index (χ1v) is 6.87. The lowest BCUT2D eigenvalue weighted by molar-refractivity contribution is -0.139. The number of rotatable bonds is 4. The fourth-order valence-electron chi connectivity index (χ4n) is 2.20. The predicted molar refractivity (Wildman–Crippen MR) is 73.8 cm³/mol. The molecule has 0 saturated carbocycles. The van der Waals surface area contributed by atoms with Crippen molar-refractivity contribution in [2.24, 2.45) is 0 Å². The smallest absolute Gasteiger partial charge is 0.312 e. The van der Waals surface area contributed by atoms with Crippen LogP contribution in [0.2, 0.25) is 0 Å². The molecule has 1 saturated heterocycles. The lowest BCUT2D eigenvalue weighted by Crippen LogP contribution is -2.45. The number of halogens is 1. The van der Waals surface area contributed by atoms with Crippen molar-refractivity contribution in [2.75, 3.05) is 32.7 Å². The van der Waals surface area contributed by atoms with Gasteiger partial charge < -0.3 is 10.4 Å². The molecule has 1 atom stereocenters. The van der Waals surface area contributed by atoms with Gasteiger partial charge in [-0.15, -0.1) is 0 Å². The average molecular weight is 313 g/mol. The molecule has 2 rings (SSSR count). The molecule has 1 aromatic rings. The molecule has 18 heavy (non-hydrogen) atoms. The second-order valence-corrected chi connectivity index (χ2v) is 5.41. The van der Waals surface area contributed by atoms with E-state index in [0.717, 1.165) is 36.2 Å². The molecule has 1 fully saturated rings. The second kappa shape index (κ2) is 6.31. The van der Waals surface area contributed by atoms with E-state index in [2.05, 4.69) is 26.1 Å². The van der Waals surface area contributed by atoms with E-state index in [-0.39, 0.29) is 0 Å². The van der Waals surface area contributed by atoms with E-state index in [4.69, 9.17) is 0 Å². The van der Waals surface area contributed by atoms with E-state index in [1.165, 1.54) is 0 Å². The van der Waals surface area contributed by atoms with Gasteiger partial charge in [0.25, 0.3) is 0 Å². The molecular formula is C13H17BrN2O2. The van der Waals surface area contributed by atoms with Gasteiger partial charge in [0, 0.05) is 37.2 Å². The van der Waals surface area contributed by atoms with Crippen molar-refractivity contribution in [2.45, 2.75) is 5.92 Å². The lowest BCUT2D eigenvalue weighted by Gasteiger charge is -2.29. The molecule has 4 nitrogen and oxygen atoms in total. The Bertz CT molecular complexity index is 419. The minimum atomic E-state index is -0.758. The fourth-order valence-corrected chi connectivity index (χ4v) is 2.62. The summed E-state index contributed by atoms with van der Waals surface area (Å²) in [6.45, 7) is 4.28. The molecule has 0 bridgehead atoms. The Morgan fingerprint density at radius 2 is 2.17 bits per heavy atom. The largest absolute Gasteiger partial charge is 0.481 e. The molecule has 1 aromatic carbocycles. The lowest BCUT2D eigenvalue weighted by atomic mass is 9.98. The van der Waals surface area contributed by atoms with E-state index in [1.54, 1.807) is 0 Å². The first kappa shape index (κ1) is 13.5. The van der Waals surface area contributed by atoms with E-state index < -0.39 is 11.9 Å². The van der Waals surface area contributed by atoms with Crippen molar-refractivity contribution in [1.29, 1.82) is 0 Å². The van der Waals surface area contributed by atoms with Gasteiger partial charge >= 0.3 is 5.97 Å². The molecule has 0 aromatic heterocycles. The van der Waals surface area contributed by atoms with Crippen molar-refractivity contribution in [3.05, 3.63) is 34.3 Å². The molecule has 1 heterocycles. The maximum atomic E-state index is 11.4. The first-order chi connectivity index (χ1) is 8.66. The predicted octanol–water partition coefficient (Wildman–Crippen LogP) is 1.52. The molecular weight excluding hydrogens is 296 g/mol. The summed E-state index contributed by atoms with van der Waals surface area (Å²) < 4.78 is 0.923. The van der Waals surface area contributed by atoms with Gasteiger partial charge in [0.2, 0.25) is 0 Å². The van der Waals surface area contributed by atoms with Gasteiger partial charge in [-0.3, -0.25) is 9.69 Å². The van der Waals surface area contributed by atoms with Gasteiger partial charge in [0.15, 0.2) is 0 Å². The van der Waals surface area contributed by atoms with Crippen LogP contribution in [0.1, 0.15) is 11.5 Å². The summed E-state index contributed by atoms with van der Waals surface area (Å²) in [5, 5.41) is 12.7. The van der Waals surface area contributed by atoms with Gasteiger partial charge in [0.1, 0.15) is 0 Å². The highest BCUT2D eigenvalue weighted by atomic mass is 79.9. The summed E-state index contributed by atoms with van der Waals surface area (Å²) in [5.41, 5.74) is 0.857. The highest BCUT2D eigenvalue weighted by molar-refractivity contribution is 9.10. The highest BCUT2D eigenvalue weighted by Gasteiger charge is 2.23. The summed E-state index contributed by atoms with van der Waals surface area (Å²) in [5.74, 6) is -1.22. The summed E-state index contributed by atoms with van der Waals surface area (Å²) >= 11 is 3.39. The number of hydrogen-bond donors (Lipinski definition) is 2. The maximum Gasteiger partial charge on any atom is 0.312 e. The third-order valence-electron chi connectivity index (χ3n) is 3.20. The normalized spacial score (nSPS) is 18.5. The van der Waals surface area contributed by atoms with Crippen molar-refractivity contribution >= 4 is 21.9 Å². The number of carboxylic acid groups (broad SMARTS) is 1. The zero-order chi connectivity index (χ0) is 13.0. The van der Waals surface area contributed by atoms with Crippen LogP contribution >= 0.6 is 15.9 Å². The second-order valence-electron chi connectivity index (χ2n) is 4.50. The molecule has 1 aliphatic rings. The zero-order valence-corrected chi connectivity index (χ0v) is 11.7. The van der Waals surface area contributed by atoms with Crippen LogP contribution in [-0.2, 0) is 4.79 Å². The Morgan fingerprint density at radius 1 is 1.44 bits per heavy atom. The van der Waals surface area contributed by atoms with Gasteiger partial charge in [-0.1, -0.05) is 28.1 Å². The quantitative estimate of drug-likeness (QED) is 0.885. The molecule has 98 valence electrons. The number of nitrogens with one attached hydrogen (secondary N) is 1. The maximum absolute atomic E-state index is 11.4. The van der Waals surface area contributed by atoms with E-state index >= 15 is 0 Å². The zero-order valence-electron chi connectivity index (χ0n) is 10.1. The Labute approximate surface area is 115 Å². The van der Waals surface area contributed by atoms with Crippen LogP contribution in [0.25, 0.3) is 0 Å². The van der Waals surface area contributed by atoms with Crippen LogP contribution in [0.3, 0.4) is 0 Å². The van der Waals surface area contributed by atoms with Crippen LogP contribution in [-0.4, -0.2) is 48.7 Å². The number of benzene rings is 1. The van der Waals surface area contributed by atoms with Crippen molar-refractivity contribution < 1.29 is 9.90 Å². The van der Waals surface area contributed by atoms with Gasteiger partial charge in [0.05, 0.1) is 5.92 Å². The van der Waals surface area contributed by atoms with Gasteiger partial charge in [-0.25, -0.2) is 0 Å². The standard InChI is InChI=1S/C13H17BrN2O2/c14-11-3-1-2-10(8-11)12(13(17)18)9-16-6-4-15-5-7-16/h1-3,8,12,15H,4-7,9H2,(H,17,18). The Balaban J connectivity index is 2.10. The van der Waals surface area contributed by atoms with Crippen LogP contribution in [0.4, 0.5) is 0 Å². The monoisotopic (exact) mass is 312 g/mol. The van der Waals surface area contributed by atoms with Crippen LogP contribution in [0.15, 0.2) is 28.7 Å². The fraction of sp³-hybridized carbons (Fsp3) is 0.462. The first-order valence-electron chi connectivity index (χ1n) is 6.08. The number of hydrogen-bond acceptors (Lipinski definition) is 3. The molecule has 0 spiro atoms. The number of aliphatic carboxylic acids is 1. The average Bonchev–Trinajstić information content (AvgIpc) is 2.37. The van der Waals surface area contributed by atoms with Crippen LogP contribution in [0.5, 0.6) is 0 Å². The number of carboxylic acids is 1. The van der Waals surface area contributed by atoms with Crippen LogP contribution < -0.4 is 5.32 Å². The van der Waals surface area contributed by atoms with E-state index in [9.17, 15) is 9.90 Å². The molecule has 0 amide bonds. The molecule has 5 heteroatoms. The molecule has 0 aliphatic carbocycles. The third kappa shape index (κ3) is 3.54. The van der Waals surface area contributed by atoms with Crippen molar-refractivity contribution in [3.63, 3.8) is 0 Å². The summed E-state index contributed by atoms with van der Waals surface area (Å²) in [6.07, 6.45) is 0. The number of carbonyl (C=O) groups is 1. The van der Waals surface area contributed by atoms with Crippen LogP contribution in [0, 0.1) is 0 Å². The van der Waals surface area contributed by atoms with E-state index in [1.807, 2.05) is 24.3 Å². The SMILES string of the molecule is O=C(O)C(CN1CCNCC1)c1cccc(Br)c1. The van der Waals surface area contributed by atoms with Crippen molar-refractivity contribution in [3.8, 4) is 0 Å². The Kier molecular flexibility index (Phi) is 4.74. The highest BCUT2D eigenvalue weighted by Crippen LogP contribution is 2.21. The van der Waals surface area contributed by atoms with Crippen molar-refractivity contribution in [1.82, 2.24) is 10.2 Å². The minimum absolute atomic E-state index is 0.458. The topological polar surface area (TPSA) is 52.6 Å². The Hall–Kier alpha value is -0.910. The molecule has 1 unspecified atom stereocenters. The molecule has 2 N–H and O–H groups in total. The third-order valence-corrected chi connectivity index (χ3v) is 3.69. The summed E-state index contributed by atoms with van der Waals surface area (Å²) in [6, 6.07) is 7.56. The number of nitrogens with zero attached hydrogens (tertiary/aromatic N) is 1. The summed E-state index contributed by atoms with van der Waals surface area (Å²) in [4.78, 5) is 13.6. The molecule has 0 radical (unpaired) electrons. The summed E-state index contributed by atoms with van der Waals surface area (Å²) in [7, 11) is 0. The van der Waals surface area contributed by atoms with E-state index in [0.29, 0.717) is 6.54 Å². The molecule has 1 aliphatic heterocycles. The minimum Gasteiger partial charge on any atom is -0.481 e. The van der Waals surface area contributed by atoms with Gasteiger partial charge in [-0.2, -0.15) is 0 Å². The number of piperazine rings is 1.